The zero-order chi connectivity index (χ0) is 26.8. The molecule has 0 aliphatic carbocycles. The number of halogens is 1. The number of benzene rings is 1. The maximum absolute atomic E-state index is 12.5. The molecule has 1 heterocycles. The second-order valence-electron chi connectivity index (χ2n) is 9.02. The van der Waals surface area contributed by atoms with Crippen LogP contribution in [0.15, 0.2) is 46.8 Å². The monoisotopic (exact) mass is 585 g/mol. The van der Waals surface area contributed by atoms with Crippen LogP contribution < -0.4 is 10.6 Å². The number of urea groups is 1. The van der Waals surface area contributed by atoms with Crippen molar-refractivity contribution in [3.8, 4) is 0 Å². The molecule has 1 aromatic heterocycles. The number of methoxy groups -OCH3 is 1. The third kappa shape index (κ3) is 10.7. The molecular weight excluding hydrogens is 549 g/mol. The van der Waals surface area contributed by atoms with Crippen LogP contribution in [0.5, 0.6) is 0 Å². The lowest BCUT2D eigenvalue weighted by molar-refractivity contribution is -0.144. The summed E-state index contributed by atoms with van der Waals surface area (Å²) in [6.45, 7) is 15.9. The van der Waals surface area contributed by atoms with Crippen molar-refractivity contribution < 1.29 is 18.9 Å². The molecule has 2 aromatic rings. The smallest absolute Gasteiger partial charge is 0.328 e. The van der Waals surface area contributed by atoms with E-state index in [1.165, 1.54) is 7.11 Å². The number of rotatable bonds is 9. The maximum Gasteiger partial charge on any atom is 0.328 e. The molecule has 0 saturated carbocycles. The summed E-state index contributed by atoms with van der Waals surface area (Å²) >= 11 is 4.91. The number of carbonyl (C=O) groups is 2. The Morgan fingerprint density at radius 3 is 2.26 bits per heavy atom. The Hall–Kier alpha value is -1.96. The molecular formula is C25H37BrN3O4PS. The van der Waals surface area contributed by atoms with Crippen molar-refractivity contribution in [3.05, 3.63) is 57.5 Å². The maximum atomic E-state index is 12.5. The lowest BCUT2D eigenvalue weighted by Crippen LogP contribution is -2.50. The zero-order valence-corrected chi connectivity index (χ0v) is 24.9. The third-order valence-electron chi connectivity index (χ3n) is 4.90. The van der Waals surface area contributed by atoms with Crippen molar-refractivity contribution in [3.63, 3.8) is 0 Å². The molecule has 0 aliphatic rings. The summed E-state index contributed by atoms with van der Waals surface area (Å²) in [6, 6.07) is 6.59. The minimum atomic E-state index is -2.06. The first kappa shape index (κ1) is 31.1. The number of carbonyl (C=O) groups excluding carboxylic acids is 2. The molecule has 0 radical (unpaired) electrons. The van der Waals surface area contributed by atoms with Gasteiger partial charge in [-0.25, -0.2) is 14.6 Å². The number of ether oxygens (including phenoxy) is 1. The van der Waals surface area contributed by atoms with Gasteiger partial charge in [-0.1, -0.05) is 61.8 Å². The molecule has 0 aliphatic heterocycles. The Morgan fingerprint density at radius 2 is 1.83 bits per heavy atom. The quantitative estimate of drug-likeness (QED) is 0.226. The number of aromatic nitrogens is 1. The number of amides is 2. The van der Waals surface area contributed by atoms with Crippen LogP contribution in [0.4, 0.5) is 4.79 Å². The van der Waals surface area contributed by atoms with E-state index in [0.717, 1.165) is 20.5 Å². The fourth-order valence-corrected chi connectivity index (χ4v) is 4.84. The van der Waals surface area contributed by atoms with Crippen molar-refractivity contribution >= 4 is 51.7 Å². The first-order valence-corrected chi connectivity index (χ1v) is 15.6. The van der Waals surface area contributed by atoms with Gasteiger partial charge >= 0.3 is 12.0 Å². The Balaban J connectivity index is 0.000000462. The van der Waals surface area contributed by atoms with E-state index in [1.807, 2.05) is 43.5 Å². The lowest BCUT2D eigenvalue weighted by atomic mass is 10.1. The van der Waals surface area contributed by atoms with Gasteiger partial charge in [0.2, 0.25) is 0 Å². The standard InChI is InChI=1S/C17H27N3O3S.C8H10BrOP/c1-7-8-20(9-13-10-24-15(18-13)12(4)5)17(22)19-14(11(2)3)16(21)23-6;1-11(2,10)8-5-3-7(9)4-6-8/h7,10-12,14H,1,8-9H2,2-6H3,(H,19,22);3-6H,1-2H3/t14-;/m0./s1. The third-order valence-corrected chi connectivity index (χ3v) is 8.17. The van der Waals surface area contributed by atoms with Crippen LogP contribution >= 0.6 is 34.4 Å². The van der Waals surface area contributed by atoms with Crippen LogP contribution in [-0.4, -0.2) is 54.9 Å². The van der Waals surface area contributed by atoms with Crippen molar-refractivity contribution in [1.82, 2.24) is 15.2 Å². The van der Waals surface area contributed by atoms with E-state index in [9.17, 15) is 14.2 Å². The SMILES string of the molecule is C=CCN(Cc1csc(C(C)C)n1)C(=O)N[C@H](C(=O)OC)C(C)C.CP(C)(=O)c1ccc(Br)cc1. The van der Waals surface area contributed by atoms with Gasteiger partial charge in [0.05, 0.1) is 24.4 Å². The highest BCUT2D eigenvalue weighted by Crippen LogP contribution is 2.34. The van der Waals surface area contributed by atoms with E-state index in [2.05, 4.69) is 46.7 Å². The van der Waals surface area contributed by atoms with Gasteiger partial charge in [-0.3, -0.25) is 0 Å². The molecule has 0 bridgehead atoms. The van der Waals surface area contributed by atoms with Gasteiger partial charge in [0.15, 0.2) is 0 Å². The largest absolute Gasteiger partial charge is 0.467 e. The highest BCUT2D eigenvalue weighted by atomic mass is 79.9. The molecule has 194 valence electrons. The number of nitrogens with zero attached hydrogens (tertiary/aromatic N) is 2. The average molecular weight is 587 g/mol. The van der Waals surface area contributed by atoms with Crippen molar-refractivity contribution in [2.45, 2.75) is 46.2 Å². The van der Waals surface area contributed by atoms with Crippen LogP contribution in [0, 0.1) is 5.92 Å². The minimum Gasteiger partial charge on any atom is -0.467 e. The van der Waals surface area contributed by atoms with Crippen LogP contribution in [0.25, 0.3) is 0 Å². The fourth-order valence-electron chi connectivity index (χ4n) is 2.88. The van der Waals surface area contributed by atoms with Gasteiger partial charge in [0.1, 0.15) is 13.2 Å². The summed E-state index contributed by atoms with van der Waals surface area (Å²) in [6.07, 6.45) is 1.65. The molecule has 0 saturated heterocycles. The summed E-state index contributed by atoms with van der Waals surface area (Å²) in [5.41, 5.74) is 0.833. The normalized spacial score (nSPS) is 11.9. The number of esters is 1. The summed E-state index contributed by atoms with van der Waals surface area (Å²) in [7, 11) is -0.745. The van der Waals surface area contributed by atoms with E-state index in [4.69, 9.17) is 4.74 Å². The first-order chi connectivity index (χ1) is 16.3. The second kappa shape index (κ2) is 14.6. The Morgan fingerprint density at radius 1 is 1.23 bits per heavy atom. The summed E-state index contributed by atoms with van der Waals surface area (Å²) in [4.78, 5) is 30.5. The first-order valence-electron chi connectivity index (χ1n) is 11.3. The second-order valence-corrected chi connectivity index (χ2v) is 14.0. The number of hydrogen-bond donors (Lipinski definition) is 1. The van der Waals surface area contributed by atoms with Gasteiger partial charge in [0.25, 0.3) is 0 Å². The summed E-state index contributed by atoms with van der Waals surface area (Å²) < 4.78 is 17.3. The Kier molecular flexibility index (Phi) is 12.9. The van der Waals surface area contributed by atoms with Crippen LogP contribution in [0.2, 0.25) is 0 Å². The lowest BCUT2D eigenvalue weighted by Gasteiger charge is -2.25. The highest BCUT2D eigenvalue weighted by molar-refractivity contribution is 9.10. The summed E-state index contributed by atoms with van der Waals surface area (Å²) in [5.74, 6) is -0.165. The predicted octanol–water partition coefficient (Wildman–Crippen LogP) is 5.86. The Labute approximate surface area is 221 Å². The van der Waals surface area contributed by atoms with Crippen molar-refractivity contribution in [2.75, 3.05) is 27.0 Å². The van der Waals surface area contributed by atoms with E-state index in [-0.39, 0.29) is 11.9 Å². The van der Waals surface area contributed by atoms with E-state index in [0.29, 0.717) is 19.0 Å². The predicted molar refractivity (Wildman–Crippen MR) is 149 cm³/mol. The van der Waals surface area contributed by atoms with E-state index in [1.54, 1.807) is 35.6 Å². The summed E-state index contributed by atoms with van der Waals surface area (Å²) in [5, 5.41) is 6.67. The fraction of sp³-hybridized carbons (Fsp3) is 0.480. The van der Waals surface area contributed by atoms with Gasteiger partial charge < -0.3 is 19.5 Å². The van der Waals surface area contributed by atoms with Crippen molar-refractivity contribution in [1.29, 1.82) is 0 Å². The number of nitrogens with one attached hydrogen (secondary N) is 1. The highest BCUT2D eigenvalue weighted by Gasteiger charge is 2.27. The van der Waals surface area contributed by atoms with Crippen LogP contribution in [-0.2, 0) is 20.6 Å². The van der Waals surface area contributed by atoms with Gasteiger partial charge in [-0.15, -0.1) is 17.9 Å². The van der Waals surface area contributed by atoms with E-state index < -0.39 is 19.2 Å². The molecule has 1 aromatic carbocycles. The molecule has 0 unspecified atom stereocenters. The number of hydrogen-bond acceptors (Lipinski definition) is 6. The molecule has 0 fully saturated rings. The van der Waals surface area contributed by atoms with Gasteiger partial charge in [-0.2, -0.15) is 0 Å². The van der Waals surface area contributed by atoms with E-state index >= 15 is 0 Å². The molecule has 35 heavy (non-hydrogen) atoms. The van der Waals surface area contributed by atoms with Gasteiger partial charge in [-0.05, 0) is 31.4 Å². The zero-order valence-electron chi connectivity index (χ0n) is 21.6. The number of thiazole rings is 1. The average Bonchev–Trinajstić information content (AvgIpc) is 3.25. The Bertz CT molecular complexity index is 1020. The molecule has 1 N–H and O–H groups in total. The topological polar surface area (TPSA) is 88.6 Å². The molecule has 2 amide bonds. The van der Waals surface area contributed by atoms with Crippen molar-refractivity contribution in [2.24, 2.45) is 5.92 Å². The molecule has 7 nitrogen and oxygen atoms in total. The molecule has 1 atom stereocenters. The van der Waals surface area contributed by atoms with Crippen LogP contribution in [0.1, 0.15) is 44.3 Å². The molecule has 0 spiro atoms. The molecule has 2 rings (SSSR count). The van der Waals surface area contributed by atoms with Gasteiger partial charge in [0, 0.05) is 27.6 Å². The minimum absolute atomic E-state index is 0.0706. The molecule has 10 heteroatoms. The van der Waals surface area contributed by atoms with Crippen LogP contribution in [0.3, 0.4) is 0 Å².